The Morgan fingerprint density at radius 3 is 3.00 bits per heavy atom. The molecule has 94 valence electrons. The number of aromatic nitrogens is 1. The fraction of sp³-hybridized carbons (Fsp3) is 0.636. The molecule has 6 heteroatoms. The van der Waals surface area contributed by atoms with Crippen molar-refractivity contribution >= 4 is 34.4 Å². The van der Waals surface area contributed by atoms with Crippen LogP contribution in [0.4, 0.5) is 5.13 Å². The van der Waals surface area contributed by atoms with Crippen LogP contribution in [0.2, 0.25) is 5.15 Å². The van der Waals surface area contributed by atoms with Gasteiger partial charge in [-0.25, -0.2) is 4.98 Å². The fourth-order valence-corrected chi connectivity index (χ4v) is 3.21. The van der Waals surface area contributed by atoms with Crippen molar-refractivity contribution < 1.29 is 4.79 Å². The molecule has 0 bridgehead atoms. The highest BCUT2D eigenvalue weighted by Crippen LogP contribution is 2.28. The van der Waals surface area contributed by atoms with Crippen LogP contribution in [-0.2, 0) is 0 Å². The van der Waals surface area contributed by atoms with Crippen molar-refractivity contribution in [2.24, 2.45) is 5.92 Å². The minimum Gasteiger partial charge on any atom is -0.351 e. The van der Waals surface area contributed by atoms with Gasteiger partial charge in [0, 0.05) is 20.1 Å². The van der Waals surface area contributed by atoms with Gasteiger partial charge in [0.25, 0.3) is 0 Å². The van der Waals surface area contributed by atoms with Crippen molar-refractivity contribution in [2.45, 2.75) is 6.42 Å². The van der Waals surface area contributed by atoms with Gasteiger partial charge in [-0.15, -0.1) is 0 Å². The van der Waals surface area contributed by atoms with Crippen molar-refractivity contribution in [2.75, 3.05) is 38.6 Å². The molecule has 0 amide bonds. The molecule has 0 saturated carbocycles. The van der Waals surface area contributed by atoms with Gasteiger partial charge < -0.3 is 9.80 Å². The van der Waals surface area contributed by atoms with Gasteiger partial charge in [0.15, 0.2) is 16.6 Å². The Bertz CT molecular complexity index is 409. The molecule has 1 aromatic heterocycles. The van der Waals surface area contributed by atoms with Gasteiger partial charge in [-0.2, -0.15) is 0 Å². The summed E-state index contributed by atoms with van der Waals surface area (Å²) in [4.78, 5) is 19.9. The third-order valence-electron chi connectivity index (χ3n) is 3.05. The van der Waals surface area contributed by atoms with E-state index in [0.29, 0.717) is 15.9 Å². The second-order valence-corrected chi connectivity index (χ2v) is 5.93. The molecule has 0 aromatic carbocycles. The van der Waals surface area contributed by atoms with E-state index in [4.69, 9.17) is 11.6 Å². The monoisotopic (exact) mass is 273 g/mol. The lowest BCUT2D eigenvalue weighted by atomic mass is 10.1. The first-order valence-electron chi connectivity index (χ1n) is 5.61. The van der Waals surface area contributed by atoms with Crippen LogP contribution in [0.1, 0.15) is 16.1 Å². The molecule has 1 atom stereocenters. The maximum atomic E-state index is 10.7. The Morgan fingerprint density at radius 2 is 2.47 bits per heavy atom. The molecule has 0 N–H and O–H groups in total. The van der Waals surface area contributed by atoms with Crippen molar-refractivity contribution in [1.82, 2.24) is 9.88 Å². The quantitative estimate of drug-likeness (QED) is 0.787. The summed E-state index contributed by atoms with van der Waals surface area (Å²) in [5, 5.41) is 1.14. The van der Waals surface area contributed by atoms with E-state index in [9.17, 15) is 4.79 Å². The van der Waals surface area contributed by atoms with Crippen LogP contribution in [-0.4, -0.2) is 49.9 Å². The zero-order chi connectivity index (χ0) is 12.4. The summed E-state index contributed by atoms with van der Waals surface area (Å²) in [5.41, 5.74) is 0. The predicted molar refractivity (Wildman–Crippen MR) is 71.4 cm³/mol. The minimum absolute atomic E-state index is 0.315. The van der Waals surface area contributed by atoms with Crippen LogP contribution in [0.15, 0.2) is 0 Å². The molecule has 0 radical (unpaired) electrons. The first-order chi connectivity index (χ1) is 8.10. The first-order valence-corrected chi connectivity index (χ1v) is 6.80. The number of hydrogen-bond donors (Lipinski definition) is 0. The number of hydrogen-bond acceptors (Lipinski definition) is 5. The Morgan fingerprint density at radius 1 is 1.71 bits per heavy atom. The molecule has 4 nitrogen and oxygen atoms in total. The molecule has 1 saturated heterocycles. The van der Waals surface area contributed by atoms with E-state index in [1.54, 1.807) is 0 Å². The first kappa shape index (κ1) is 12.8. The number of anilines is 1. The fourth-order valence-electron chi connectivity index (χ4n) is 2.18. The van der Waals surface area contributed by atoms with Crippen molar-refractivity contribution in [3.8, 4) is 0 Å². The summed E-state index contributed by atoms with van der Waals surface area (Å²) in [7, 11) is 4.15. The van der Waals surface area contributed by atoms with Crippen molar-refractivity contribution in [1.29, 1.82) is 0 Å². The molecule has 1 aliphatic rings. The van der Waals surface area contributed by atoms with E-state index < -0.39 is 0 Å². The molecular formula is C11H16ClN3OS. The summed E-state index contributed by atoms with van der Waals surface area (Å²) in [6.45, 7) is 3.26. The third kappa shape index (κ3) is 2.97. The summed E-state index contributed by atoms with van der Waals surface area (Å²) in [6, 6.07) is 0. The maximum Gasteiger partial charge on any atom is 0.187 e. The van der Waals surface area contributed by atoms with E-state index in [0.717, 1.165) is 31.1 Å². The lowest BCUT2D eigenvalue weighted by Gasteiger charge is -2.20. The van der Waals surface area contributed by atoms with Gasteiger partial charge in [-0.3, -0.25) is 4.79 Å². The summed E-state index contributed by atoms with van der Waals surface area (Å²) in [6.07, 6.45) is 1.99. The second kappa shape index (κ2) is 5.33. The number of carbonyl (C=O) groups excluding carboxylic acids is 1. The molecule has 17 heavy (non-hydrogen) atoms. The maximum absolute atomic E-state index is 10.7. The molecule has 1 fully saturated rings. The van der Waals surface area contributed by atoms with E-state index in [1.165, 1.54) is 17.8 Å². The Labute approximate surface area is 110 Å². The number of rotatable bonds is 4. The minimum atomic E-state index is 0.315. The van der Waals surface area contributed by atoms with Crippen LogP contribution < -0.4 is 4.90 Å². The number of halogens is 1. The van der Waals surface area contributed by atoms with E-state index in [-0.39, 0.29) is 0 Å². The van der Waals surface area contributed by atoms with Crippen LogP contribution in [0, 0.1) is 5.92 Å². The molecule has 1 aliphatic heterocycles. The van der Waals surface area contributed by atoms with E-state index in [2.05, 4.69) is 21.8 Å². The van der Waals surface area contributed by atoms with Crippen LogP contribution in [0.3, 0.4) is 0 Å². The molecule has 1 unspecified atom stereocenters. The van der Waals surface area contributed by atoms with Crippen molar-refractivity contribution in [3.05, 3.63) is 10.0 Å². The molecule has 0 spiro atoms. The number of thiazole rings is 1. The van der Waals surface area contributed by atoms with Gasteiger partial charge in [0.05, 0.1) is 0 Å². The summed E-state index contributed by atoms with van der Waals surface area (Å²) >= 11 is 7.22. The summed E-state index contributed by atoms with van der Waals surface area (Å²) < 4.78 is 0. The van der Waals surface area contributed by atoms with Crippen molar-refractivity contribution in [3.63, 3.8) is 0 Å². The molecular weight excluding hydrogens is 258 g/mol. The normalized spacial score (nSPS) is 20.8. The van der Waals surface area contributed by atoms with E-state index in [1.807, 2.05) is 7.05 Å². The molecule has 2 heterocycles. The Hall–Kier alpha value is -0.650. The van der Waals surface area contributed by atoms with Gasteiger partial charge >= 0.3 is 0 Å². The van der Waals surface area contributed by atoms with Gasteiger partial charge in [0.1, 0.15) is 4.88 Å². The SMILES string of the molecule is CN1CCC(CN(C)c2nc(Cl)c(C=O)s2)C1. The zero-order valence-electron chi connectivity index (χ0n) is 10.0. The largest absolute Gasteiger partial charge is 0.351 e. The number of aldehydes is 1. The predicted octanol–water partition coefficient (Wildman–Crippen LogP) is 2.00. The van der Waals surface area contributed by atoms with Gasteiger partial charge in [-0.1, -0.05) is 22.9 Å². The summed E-state index contributed by atoms with van der Waals surface area (Å²) in [5.74, 6) is 0.673. The Kier molecular flexibility index (Phi) is 4.01. The van der Waals surface area contributed by atoms with E-state index >= 15 is 0 Å². The topological polar surface area (TPSA) is 36.4 Å². The highest BCUT2D eigenvalue weighted by molar-refractivity contribution is 7.17. The lowest BCUT2D eigenvalue weighted by Crippen LogP contribution is -2.27. The average molecular weight is 274 g/mol. The smallest absolute Gasteiger partial charge is 0.187 e. The van der Waals surface area contributed by atoms with Gasteiger partial charge in [-0.05, 0) is 25.9 Å². The third-order valence-corrected chi connectivity index (χ3v) is 4.55. The second-order valence-electron chi connectivity index (χ2n) is 4.57. The average Bonchev–Trinajstić information content (AvgIpc) is 2.85. The highest BCUT2D eigenvalue weighted by atomic mass is 35.5. The highest BCUT2D eigenvalue weighted by Gasteiger charge is 2.22. The Balaban J connectivity index is 1.99. The number of nitrogens with zero attached hydrogens (tertiary/aromatic N) is 3. The standard InChI is InChI=1S/C11H16ClN3OS/c1-14-4-3-8(5-14)6-15(2)11-13-10(12)9(7-16)17-11/h7-8H,3-6H2,1-2H3. The lowest BCUT2D eigenvalue weighted by molar-refractivity contribution is 0.112. The number of carbonyl (C=O) groups is 1. The van der Waals surface area contributed by atoms with Gasteiger partial charge in [0.2, 0.25) is 0 Å². The van der Waals surface area contributed by atoms with Crippen LogP contribution >= 0.6 is 22.9 Å². The van der Waals surface area contributed by atoms with Crippen LogP contribution in [0.25, 0.3) is 0 Å². The molecule has 2 rings (SSSR count). The van der Waals surface area contributed by atoms with Crippen LogP contribution in [0.5, 0.6) is 0 Å². The molecule has 1 aromatic rings. The number of likely N-dealkylation sites (tertiary alicyclic amines) is 1. The zero-order valence-corrected chi connectivity index (χ0v) is 11.6. The molecule has 0 aliphatic carbocycles.